The molecule has 0 radical (unpaired) electrons. The molecule has 0 bridgehead atoms. The summed E-state index contributed by atoms with van der Waals surface area (Å²) >= 11 is 0. The maximum Gasteiger partial charge on any atom is 0.272 e. The summed E-state index contributed by atoms with van der Waals surface area (Å²) in [6.07, 6.45) is 9.73. The molecule has 7 heteroatoms. The largest absolute Gasteiger partial charge is 0.366 e. The number of rotatable bonds is 6. The van der Waals surface area contributed by atoms with Crippen LogP contribution >= 0.6 is 0 Å². The van der Waals surface area contributed by atoms with E-state index in [1.54, 1.807) is 0 Å². The van der Waals surface area contributed by atoms with Gasteiger partial charge in [0.05, 0.1) is 0 Å². The summed E-state index contributed by atoms with van der Waals surface area (Å²) in [6.45, 7) is 13.1. The molecule has 206 valence electrons. The van der Waals surface area contributed by atoms with E-state index in [1.165, 1.54) is 35.9 Å². The fourth-order valence-corrected chi connectivity index (χ4v) is 5.97. The number of piperidine rings is 2. The summed E-state index contributed by atoms with van der Waals surface area (Å²) in [4.78, 5) is 31.1. The lowest BCUT2D eigenvalue weighted by Crippen LogP contribution is -2.49. The van der Waals surface area contributed by atoms with Crippen LogP contribution in [0.25, 0.3) is 0 Å². The molecular formula is C32H42N6O. The van der Waals surface area contributed by atoms with Gasteiger partial charge in [-0.3, -0.25) is 9.78 Å². The molecule has 0 spiro atoms. The monoisotopic (exact) mass is 526 g/mol. The Kier molecular flexibility index (Phi) is 8.26. The van der Waals surface area contributed by atoms with Crippen molar-refractivity contribution in [3.8, 4) is 0 Å². The van der Waals surface area contributed by atoms with Gasteiger partial charge in [0, 0.05) is 43.6 Å². The second-order valence-corrected chi connectivity index (χ2v) is 12.1. The van der Waals surface area contributed by atoms with Crippen molar-refractivity contribution in [2.45, 2.75) is 77.3 Å². The van der Waals surface area contributed by atoms with Gasteiger partial charge >= 0.3 is 0 Å². The van der Waals surface area contributed by atoms with E-state index in [0.29, 0.717) is 24.2 Å². The standard InChI is InChI=1S/C32H42N6O/c1-23-29(35-22-36-30(23)34-21-24-5-7-27(8-6-24)32(2,3)4)31(39)38-19-13-28(14-20-38)37-17-11-26(12-18-37)25-9-15-33-16-10-25/h5-10,15-16,22,26,28H,11-14,17-21H2,1-4H3,(H,34,35,36). The van der Waals surface area contributed by atoms with E-state index < -0.39 is 0 Å². The van der Waals surface area contributed by atoms with Gasteiger partial charge in [0.2, 0.25) is 0 Å². The predicted molar refractivity (Wildman–Crippen MR) is 156 cm³/mol. The third kappa shape index (κ3) is 6.47. The number of aromatic nitrogens is 3. The number of hydrogen-bond acceptors (Lipinski definition) is 6. The highest BCUT2D eigenvalue weighted by Gasteiger charge is 2.31. The van der Waals surface area contributed by atoms with Crippen LogP contribution in [0.3, 0.4) is 0 Å². The third-order valence-electron chi connectivity index (χ3n) is 8.54. The Morgan fingerprint density at radius 1 is 0.923 bits per heavy atom. The van der Waals surface area contributed by atoms with Gasteiger partial charge in [-0.2, -0.15) is 0 Å². The number of hydrogen-bond donors (Lipinski definition) is 1. The minimum Gasteiger partial charge on any atom is -0.366 e. The molecule has 0 unspecified atom stereocenters. The van der Waals surface area contributed by atoms with Gasteiger partial charge in [-0.15, -0.1) is 0 Å². The quantitative estimate of drug-likeness (QED) is 0.452. The van der Waals surface area contributed by atoms with E-state index in [0.717, 1.165) is 50.4 Å². The van der Waals surface area contributed by atoms with Gasteiger partial charge in [0.25, 0.3) is 5.91 Å². The highest BCUT2D eigenvalue weighted by atomic mass is 16.2. The van der Waals surface area contributed by atoms with Crippen molar-refractivity contribution >= 4 is 11.7 Å². The van der Waals surface area contributed by atoms with E-state index >= 15 is 0 Å². The van der Waals surface area contributed by atoms with Gasteiger partial charge in [-0.05, 0) is 85.9 Å². The number of carbonyl (C=O) groups excluding carboxylic acids is 1. The molecule has 2 aliphatic rings. The first-order chi connectivity index (χ1) is 18.8. The first-order valence-electron chi connectivity index (χ1n) is 14.4. The first kappa shape index (κ1) is 27.3. The molecule has 1 amide bonds. The second-order valence-electron chi connectivity index (χ2n) is 12.1. The van der Waals surface area contributed by atoms with E-state index in [2.05, 4.69) is 82.3 Å². The Balaban J connectivity index is 1.13. The Hall–Kier alpha value is -3.32. The molecule has 5 rings (SSSR count). The lowest BCUT2D eigenvalue weighted by Gasteiger charge is -2.42. The van der Waals surface area contributed by atoms with Gasteiger partial charge in [0.1, 0.15) is 17.8 Å². The summed E-state index contributed by atoms with van der Waals surface area (Å²) < 4.78 is 0. The van der Waals surface area contributed by atoms with Crippen LogP contribution in [0.15, 0.2) is 55.1 Å². The van der Waals surface area contributed by atoms with Crippen LogP contribution in [-0.4, -0.2) is 62.9 Å². The van der Waals surface area contributed by atoms with Crippen LogP contribution in [0, 0.1) is 6.92 Å². The smallest absolute Gasteiger partial charge is 0.272 e. The number of anilines is 1. The zero-order valence-corrected chi connectivity index (χ0v) is 23.9. The number of likely N-dealkylation sites (tertiary alicyclic amines) is 2. The topological polar surface area (TPSA) is 74.2 Å². The highest BCUT2D eigenvalue weighted by Crippen LogP contribution is 2.31. The minimum atomic E-state index is 0.0160. The molecule has 1 aromatic carbocycles. The molecule has 0 atom stereocenters. The molecule has 7 nitrogen and oxygen atoms in total. The summed E-state index contributed by atoms with van der Waals surface area (Å²) in [5.74, 6) is 1.37. The number of carbonyl (C=O) groups is 1. The molecule has 3 aromatic rings. The van der Waals surface area contributed by atoms with Crippen LogP contribution < -0.4 is 5.32 Å². The average molecular weight is 527 g/mol. The van der Waals surface area contributed by atoms with E-state index in [-0.39, 0.29) is 11.3 Å². The van der Waals surface area contributed by atoms with Crippen molar-refractivity contribution in [3.63, 3.8) is 0 Å². The van der Waals surface area contributed by atoms with E-state index in [9.17, 15) is 4.79 Å². The molecule has 0 aliphatic carbocycles. The van der Waals surface area contributed by atoms with Gasteiger partial charge in [0.15, 0.2) is 0 Å². The fourth-order valence-electron chi connectivity index (χ4n) is 5.97. The van der Waals surface area contributed by atoms with Crippen molar-refractivity contribution < 1.29 is 4.79 Å². The number of nitrogens with zero attached hydrogens (tertiary/aromatic N) is 5. The number of pyridine rings is 1. The number of amides is 1. The van der Waals surface area contributed by atoms with Crippen LogP contribution in [0.1, 0.15) is 85.1 Å². The molecule has 4 heterocycles. The molecule has 0 saturated carbocycles. The predicted octanol–water partition coefficient (Wildman–Crippen LogP) is 5.57. The van der Waals surface area contributed by atoms with Crippen molar-refractivity contribution in [1.29, 1.82) is 0 Å². The molecular weight excluding hydrogens is 484 g/mol. The van der Waals surface area contributed by atoms with Gasteiger partial charge in [-0.1, -0.05) is 45.0 Å². The van der Waals surface area contributed by atoms with Crippen molar-refractivity contribution in [2.24, 2.45) is 0 Å². The zero-order chi connectivity index (χ0) is 27.4. The van der Waals surface area contributed by atoms with Crippen LogP contribution in [0.2, 0.25) is 0 Å². The maximum absolute atomic E-state index is 13.5. The summed E-state index contributed by atoms with van der Waals surface area (Å²) in [5, 5.41) is 3.42. The van der Waals surface area contributed by atoms with Crippen LogP contribution in [0.5, 0.6) is 0 Å². The van der Waals surface area contributed by atoms with Crippen molar-refractivity contribution in [3.05, 3.63) is 83.1 Å². The van der Waals surface area contributed by atoms with E-state index in [4.69, 9.17) is 0 Å². The van der Waals surface area contributed by atoms with Crippen molar-refractivity contribution in [1.82, 2.24) is 24.8 Å². The molecule has 39 heavy (non-hydrogen) atoms. The average Bonchev–Trinajstić information content (AvgIpc) is 2.97. The number of nitrogens with one attached hydrogen (secondary N) is 1. The first-order valence-corrected chi connectivity index (χ1v) is 14.4. The molecule has 2 saturated heterocycles. The summed E-state index contributed by atoms with van der Waals surface area (Å²) in [6, 6.07) is 13.6. The normalized spacial score (nSPS) is 17.8. The summed E-state index contributed by atoms with van der Waals surface area (Å²) in [5.41, 5.74) is 5.37. The molecule has 2 fully saturated rings. The highest BCUT2D eigenvalue weighted by molar-refractivity contribution is 5.94. The Bertz CT molecular complexity index is 1240. The Morgan fingerprint density at radius 3 is 2.23 bits per heavy atom. The summed E-state index contributed by atoms with van der Waals surface area (Å²) in [7, 11) is 0. The third-order valence-corrected chi connectivity index (χ3v) is 8.54. The number of benzene rings is 1. The SMILES string of the molecule is Cc1c(NCc2ccc(C(C)(C)C)cc2)ncnc1C(=O)N1CCC(N2CCC(c3ccncc3)CC2)CC1. The second kappa shape index (κ2) is 11.8. The zero-order valence-electron chi connectivity index (χ0n) is 23.9. The van der Waals surface area contributed by atoms with E-state index in [1.807, 2.05) is 24.2 Å². The van der Waals surface area contributed by atoms with Gasteiger partial charge in [-0.25, -0.2) is 9.97 Å². The van der Waals surface area contributed by atoms with Crippen LogP contribution in [0.4, 0.5) is 5.82 Å². The molecule has 1 N–H and O–H groups in total. The molecule has 2 aromatic heterocycles. The van der Waals surface area contributed by atoms with Gasteiger partial charge < -0.3 is 15.1 Å². The fraction of sp³-hybridized carbons (Fsp3) is 0.500. The Labute approximate surface area is 233 Å². The van der Waals surface area contributed by atoms with Crippen molar-refractivity contribution in [2.75, 3.05) is 31.5 Å². The maximum atomic E-state index is 13.5. The minimum absolute atomic E-state index is 0.0160. The molecule has 2 aliphatic heterocycles. The Morgan fingerprint density at radius 2 is 1.59 bits per heavy atom. The lowest BCUT2D eigenvalue weighted by atomic mass is 9.87. The van der Waals surface area contributed by atoms with Crippen LogP contribution in [-0.2, 0) is 12.0 Å². The lowest BCUT2D eigenvalue weighted by molar-refractivity contribution is 0.0572.